The zero-order chi connectivity index (χ0) is 8.85. The van der Waals surface area contributed by atoms with Crippen LogP contribution in [-0.2, 0) is 14.4 Å². The average Bonchev–Trinajstić information content (AvgIpc) is 1.86. The number of hydroxylamine groups is 1. The monoisotopic (exact) mass is 162 g/mol. The van der Waals surface area contributed by atoms with E-state index in [0.717, 1.165) is 0 Å². The molecule has 6 heteroatoms. The number of carbonyl (C=O) groups excluding carboxylic acids is 2. The molecule has 3 N–H and O–H groups in total. The van der Waals surface area contributed by atoms with Gasteiger partial charge in [-0.3, -0.25) is 9.63 Å². The third-order valence-corrected chi connectivity index (χ3v) is 0.865. The Kier molecular flexibility index (Phi) is 3.97. The minimum Gasteiger partial charge on any atom is -0.436 e. The second-order valence-corrected chi connectivity index (χ2v) is 1.75. The van der Waals surface area contributed by atoms with Gasteiger partial charge in [0.1, 0.15) is 0 Å². The number of rotatable bonds is 3. The van der Waals surface area contributed by atoms with Crippen LogP contribution in [0.1, 0.15) is 6.92 Å². The Bertz CT molecular complexity index is 159. The summed E-state index contributed by atoms with van der Waals surface area (Å²) in [5.41, 5.74) is 6.62. The topological polar surface area (TPSA) is 90.7 Å². The van der Waals surface area contributed by atoms with Gasteiger partial charge in [0, 0.05) is 0 Å². The lowest BCUT2D eigenvalue weighted by atomic mass is 10.4. The highest BCUT2D eigenvalue weighted by molar-refractivity contribution is 5.81. The number of amides is 2. The highest BCUT2D eigenvalue weighted by Crippen LogP contribution is 1.89. The summed E-state index contributed by atoms with van der Waals surface area (Å²) in [6.07, 6.45) is -1.93. The van der Waals surface area contributed by atoms with Crippen molar-refractivity contribution >= 4 is 12.0 Å². The van der Waals surface area contributed by atoms with E-state index in [1.807, 2.05) is 5.48 Å². The molecule has 0 aromatic carbocycles. The van der Waals surface area contributed by atoms with Crippen molar-refractivity contribution in [1.29, 1.82) is 0 Å². The Hall–Kier alpha value is -1.30. The Morgan fingerprint density at radius 1 is 1.55 bits per heavy atom. The van der Waals surface area contributed by atoms with E-state index in [1.165, 1.54) is 14.0 Å². The van der Waals surface area contributed by atoms with Crippen LogP contribution in [0.5, 0.6) is 0 Å². The number of hydrogen-bond acceptors (Lipinski definition) is 4. The third kappa shape index (κ3) is 4.15. The summed E-state index contributed by atoms with van der Waals surface area (Å²) in [5, 5.41) is 0. The predicted molar refractivity (Wildman–Crippen MR) is 35.3 cm³/mol. The van der Waals surface area contributed by atoms with E-state index in [9.17, 15) is 9.59 Å². The molecule has 0 saturated carbocycles. The van der Waals surface area contributed by atoms with Crippen LogP contribution in [0.3, 0.4) is 0 Å². The Labute approximate surface area is 63.6 Å². The molecule has 1 unspecified atom stereocenters. The minimum atomic E-state index is -0.997. The van der Waals surface area contributed by atoms with Crippen LogP contribution in [0.2, 0.25) is 0 Å². The van der Waals surface area contributed by atoms with E-state index < -0.39 is 18.1 Å². The molecule has 0 bridgehead atoms. The molecule has 0 radical (unpaired) electrons. The van der Waals surface area contributed by atoms with Gasteiger partial charge >= 0.3 is 6.09 Å². The van der Waals surface area contributed by atoms with Crippen LogP contribution in [0.4, 0.5) is 4.79 Å². The molecule has 0 aliphatic heterocycles. The average molecular weight is 162 g/mol. The predicted octanol–water partition coefficient (Wildman–Crippen LogP) is -0.852. The van der Waals surface area contributed by atoms with Gasteiger partial charge in [-0.05, 0) is 6.92 Å². The van der Waals surface area contributed by atoms with E-state index in [-0.39, 0.29) is 0 Å². The van der Waals surface area contributed by atoms with Gasteiger partial charge in [0.15, 0.2) is 6.10 Å². The van der Waals surface area contributed by atoms with Gasteiger partial charge in [0.05, 0.1) is 7.11 Å². The summed E-state index contributed by atoms with van der Waals surface area (Å²) in [5.74, 6) is -0.564. The number of nitrogens with two attached hydrogens (primary N) is 1. The van der Waals surface area contributed by atoms with Gasteiger partial charge in [0.25, 0.3) is 5.91 Å². The molecule has 0 fully saturated rings. The standard InChI is InChI=1S/C5H10N2O4/c1-3(11-5(6)9)4(8)7-10-2/h3H,1-2H3,(H2,6,9)(H,7,8). The summed E-state index contributed by atoms with van der Waals surface area (Å²) in [6.45, 7) is 1.37. The Balaban J connectivity index is 3.73. The van der Waals surface area contributed by atoms with Crippen molar-refractivity contribution in [1.82, 2.24) is 5.48 Å². The molecule has 0 heterocycles. The van der Waals surface area contributed by atoms with E-state index in [4.69, 9.17) is 0 Å². The maximum absolute atomic E-state index is 10.7. The molecule has 6 nitrogen and oxygen atoms in total. The molecular formula is C5H10N2O4. The van der Waals surface area contributed by atoms with Crippen molar-refractivity contribution in [2.24, 2.45) is 5.73 Å². The summed E-state index contributed by atoms with van der Waals surface area (Å²) in [4.78, 5) is 25.1. The largest absolute Gasteiger partial charge is 0.436 e. The first-order valence-electron chi connectivity index (χ1n) is 2.87. The van der Waals surface area contributed by atoms with E-state index in [1.54, 1.807) is 0 Å². The summed E-state index contributed by atoms with van der Waals surface area (Å²) in [6, 6.07) is 0. The maximum atomic E-state index is 10.7. The molecule has 0 aliphatic rings. The maximum Gasteiger partial charge on any atom is 0.405 e. The molecule has 11 heavy (non-hydrogen) atoms. The first-order valence-corrected chi connectivity index (χ1v) is 2.87. The van der Waals surface area contributed by atoms with Crippen LogP contribution in [0, 0.1) is 0 Å². The smallest absolute Gasteiger partial charge is 0.405 e. The fourth-order valence-electron chi connectivity index (χ4n) is 0.411. The normalized spacial score (nSPS) is 11.8. The number of carbonyl (C=O) groups is 2. The highest BCUT2D eigenvalue weighted by atomic mass is 16.6. The molecule has 0 aromatic heterocycles. The fraction of sp³-hybridized carbons (Fsp3) is 0.600. The van der Waals surface area contributed by atoms with Crippen molar-refractivity contribution in [2.75, 3.05) is 7.11 Å². The van der Waals surface area contributed by atoms with Gasteiger partial charge < -0.3 is 10.5 Å². The van der Waals surface area contributed by atoms with E-state index >= 15 is 0 Å². The van der Waals surface area contributed by atoms with Crippen molar-refractivity contribution < 1.29 is 19.2 Å². The first kappa shape index (κ1) is 9.70. The number of ether oxygens (including phenoxy) is 1. The first-order chi connectivity index (χ1) is 5.07. The van der Waals surface area contributed by atoms with Gasteiger partial charge in [-0.25, -0.2) is 10.3 Å². The lowest BCUT2D eigenvalue weighted by molar-refractivity contribution is -0.139. The summed E-state index contributed by atoms with van der Waals surface area (Å²) < 4.78 is 4.31. The third-order valence-electron chi connectivity index (χ3n) is 0.865. The Morgan fingerprint density at radius 2 is 2.09 bits per heavy atom. The van der Waals surface area contributed by atoms with Gasteiger partial charge in [-0.2, -0.15) is 0 Å². The molecule has 0 saturated heterocycles. The number of primary amides is 1. The molecule has 2 amide bonds. The van der Waals surface area contributed by atoms with E-state index in [0.29, 0.717) is 0 Å². The fourth-order valence-corrected chi connectivity index (χ4v) is 0.411. The number of nitrogens with one attached hydrogen (secondary N) is 1. The van der Waals surface area contributed by atoms with Crippen LogP contribution in [0.25, 0.3) is 0 Å². The molecule has 1 atom stereocenters. The number of hydrogen-bond donors (Lipinski definition) is 2. The minimum absolute atomic E-state index is 0.564. The molecule has 0 rings (SSSR count). The zero-order valence-corrected chi connectivity index (χ0v) is 6.29. The van der Waals surface area contributed by atoms with Crippen LogP contribution in [-0.4, -0.2) is 25.2 Å². The lowest BCUT2D eigenvalue weighted by Crippen LogP contribution is -2.36. The SMILES string of the molecule is CONC(=O)C(C)OC(N)=O. The van der Waals surface area contributed by atoms with Gasteiger partial charge in [0.2, 0.25) is 0 Å². The quantitative estimate of drug-likeness (QED) is 0.529. The second kappa shape index (κ2) is 4.51. The molecule has 64 valence electrons. The van der Waals surface area contributed by atoms with Gasteiger partial charge in [-0.15, -0.1) is 0 Å². The molecule has 0 aliphatic carbocycles. The van der Waals surface area contributed by atoms with E-state index in [2.05, 4.69) is 15.3 Å². The summed E-state index contributed by atoms with van der Waals surface area (Å²) >= 11 is 0. The highest BCUT2D eigenvalue weighted by Gasteiger charge is 2.14. The van der Waals surface area contributed by atoms with Crippen molar-refractivity contribution in [3.05, 3.63) is 0 Å². The molecular weight excluding hydrogens is 152 g/mol. The molecule has 0 aromatic rings. The Morgan fingerprint density at radius 3 is 2.45 bits per heavy atom. The summed E-state index contributed by atoms with van der Waals surface area (Å²) in [7, 11) is 1.27. The van der Waals surface area contributed by atoms with Gasteiger partial charge in [-0.1, -0.05) is 0 Å². The van der Waals surface area contributed by atoms with Crippen LogP contribution in [0.15, 0.2) is 0 Å². The van der Waals surface area contributed by atoms with Crippen molar-refractivity contribution in [3.8, 4) is 0 Å². The lowest BCUT2D eigenvalue weighted by Gasteiger charge is -2.09. The van der Waals surface area contributed by atoms with Crippen LogP contribution >= 0.6 is 0 Å². The van der Waals surface area contributed by atoms with Crippen molar-refractivity contribution in [2.45, 2.75) is 13.0 Å². The zero-order valence-electron chi connectivity index (χ0n) is 6.29. The molecule has 0 spiro atoms. The second-order valence-electron chi connectivity index (χ2n) is 1.75. The van der Waals surface area contributed by atoms with Crippen LogP contribution < -0.4 is 11.2 Å². The van der Waals surface area contributed by atoms with Crippen molar-refractivity contribution in [3.63, 3.8) is 0 Å².